The highest BCUT2D eigenvalue weighted by atomic mass is 32.2. The van der Waals surface area contributed by atoms with E-state index in [1.165, 1.54) is 0 Å². The lowest BCUT2D eigenvalue weighted by atomic mass is 10.4. The fraction of sp³-hybridized carbons (Fsp3) is 0.500. The second-order valence-electron chi connectivity index (χ2n) is 4.05. The summed E-state index contributed by atoms with van der Waals surface area (Å²) >= 11 is 1.59. The van der Waals surface area contributed by atoms with Crippen molar-refractivity contribution in [3.05, 3.63) is 12.3 Å². The van der Waals surface area contributed by atoms with Crippen LogP contribution in [0, 0.1) is 0 Å². The zero-order valence-corrected chi connectivity index (χ0v) is 11.4. The molecule has 0 unspecified atom stereocenters. The fourth-order valence-electron chi connectivity index (χ4n) is 1.89. The number of thioether (sulfide) groups is 1. The van der Waals surface area contributed by atoms with Crippen molar-refractivity contribution >= 4 is 23.6 Å². The third kappa shape index (κ3) is 2.87. The molecule has 6 heteroatoms. The quantitative estimate of drug-likeness (QED) is 0.855. The number of likely N-dealkylation sites (tertiary alicyclic amines) is 1. The minimum absolute atomic E-state index is 0.102. The smallest absolute Gasteiger partial charge is 0.323 e. The van der Waals surface area contributed by atoms with Crippen molar-refractivity contribution in [2.75, 3.05) is 31.8 Å². The first-order chi connectivity index (χ1) is 8.74. The summed E-state index contributed by atoms with van der Waals surface area (Å²) in [6.45, 7) is 1.63. The van der Waals surface area contributed by atoms with E-state index < -0.39 is 0 Å². The van der Waals surface area contributed by atoms with Gasteiger partial charge in [0.2, 0.25) is 0 Å². The molecule has 1 aromatic rings. The predicted molar refractivity (Wildman–Crippen MR) is 72.4 cm³/mol. The molecule has 0 aromatic carbocycles. The third-order valence-corrected chi connectivity index (χ3v) is 3.60. The van der Waals surface area contributed by atoms with E-state index in [-0.39, 0.29) is 6.03 Å². The van der Waals surface area contributed by atoms with Gasteiger partial charge in [-0.05, 0) is 25.2 Å². The van der Waals surface area contributed by atoms with Gasteiger partial charge >= 0.3 is 6.03 Å². The molecule has 0 radical (unpaired) electrons. The van der Waals surface area contributed by atoms with Crippen LogP contribution in [0.25, 0.3) is 0 Å². The number of pyridine rings is 1. The number of hydrogen-bond donors (Lipinski definition) is 1. The molecule has 0 spiro atoms. The second-order valence-corrected chi connectivity index (χ2v) is 4.93. The summed E-state index contributed by atoms with van der Waals surface area (Å²) in [5, 5.41) is 2.80. The molecule has 2 rings (SSSR count). The van der Waals surface area contributed by atoms with Crippen LogP contribution in [0.3, 0.4) is 0 Å². The van der Waals surface area contributed by atoms with Crippen molar-refractivity contribution in [2.24, 2.45) is 0 Å². The maximum Gasteiger partial charge on any atom is 0.323 e. The highest BCUT2D eigenvalue weighted by Gasteiger charge is 2.19. The average Bonchev–Trinajstić information content (AvgIpc) is 2.93. The number of rotatable bonds is 3. The van der Waals surface area contributed by atoms with Crippen LogP contribution in [0.2, 0.25) is 0 Å². The van der Waals surface area contributed by atoms with Crippen LogP contribution in [0.1, 0.15) is 12.8 Å². The van der Waals surface area contributed by atoms with Gasteiger partial charge in [-0.25, -0.2) is 9.78 Å². The van der Waals surface area contributed by atoms with Gasteiger partial charge in [0.1, 0.15) is 0 Å². The Morgan fingerprint density at radius 1 is 1.50 bits per heavy atom. The Morgan fingerprint density at radius 3 is 2.83 bits per heavy atom. The Morgan fingerprint density at radius 2 is 2.22 bits per heavy atom. The average molecular weight is 267 g/mol. The number of carbonyl (C=O) groups excluding carboxylic acids is 1. The van der Waals surface area contributed by atoms with Crippen LogP contribution in [0.5, 0.6) is 5.75 Å². The first kappa shape index (κ1) is 13.0. The molecule has 98 valence electrons. The van der Waals surface area contributed by atoms with Gasteiger partial charge in [-0.2, -0.15) is 0 Å². The Labute approximate surface area is 111 Å². The number of hydrogen-bond acceptors (Lipinski definition) is 4. The minimum Gasteiger partial charge on any atom is -0.493 e. The Kier molecular flexibility index (Phi) is 4.30. The number of nitrogens with one attached hydrogen (secondary N) is 1. The van der Waals surface area contributed by atoms with Crippen molar-refractivity contribution < 1.29 is 9.53 Å². The summed E-state index contributed by atoms with van der Waals surface area (Å²) in [5.41, 5.74) is 0. The fourth-order valence-corrected chi connectivity index (χ4v) is 2.27. The lowest BCUT2D eigenvalue weighted by Crippen LogP contribution is -2.32. The molecule has 0 aliphatic carbocycles. The van der Waals surface area contributed by atoms with E-state index >= 15 is 0 Å². The maximum absolute atomic E-state index is 12.0. The Bertz CT molecular complexity index is 433. The Hall–Kier alpha value is -1.43. The van der Waals surface area contributed by atoms with Crippen LogP contribution in [-0.2, 0) is 0 Å². The number of nitrogens with zero attached hydrogens (tertiary/aromatic N) is 2. The summed E-state index contributed by atoms with van der Waals surface area (Å²) in [6, 6.07) is 1.77. The molecule has 0 bridgehead atoms. The molecular formula is C12H17N3O2S. The van der Waals surface area contributed by atoms with Gasteiger partial charge in [0, 0.05) is 24.2 Å². The molecular weight excluding hydrogens is 250 g/mol. The predicted octanol–water partition coefficient (Wildman–Crippen LogP) is 2.44. The molecule has 0 atom stereocenters. The third-order valence-electron chi connectivity index (χ3n) is 2.90. The number of amides is 2. The van der Waals surface area contributed by atoms with E-state index in [1.807, 2.05) is 12.3 Å². The first-order valence-electron chi connectivity index (χ1n) is 5.88. The van der Waals surface area contributed by atoms with E-state index in [0.717, 1.165) is 30.8 Å². The molecule has 0 saturated carbocycles. The van der Waals surface area contributed by atoms with Crippen LogP contribution in [0.15, 0.2) is 17.2 Å². The van der Waals surface area contributed by atoms with Gasteiger partial charge in [0.05, 0.1) is 7.11 Å². The standard InChI is InChI=1S/C12H17N3O2S/c1-17-10-7-9(18-2)8-13-11(10)14-12(16)15-5-3-4-6-15/h7-8H,3-6H2,1-2H3,(H,13,14,16). The summed E-state index contributed by atoms with van der Waals surface area (Å²) in [4.78, 5) is 19.0. The molecule has 5 nitrogen and oxygen atoms in total. The molecule has 1 aliphatic heterocycles. The van der Waals surface area contributed by atoms with Crippen molar-refractivity contribution in [2.45, 2.75) is 17.7 Å². The summed E-state index contributed by atoms with van der Waals surface area (Å²) in [7, 11) is 1.58. The van der Waals surface area contributed by atoms with Crippen molar-refractivity contribution in [3.8, 4) is 5.75 Å². The largest absolute Gasteiger partial charge is 0.493 e. The highest BCUT2D eigenvalue weighted by molar-refractivity contribution is 7.98. The maximum atomic E-state index is 12.0. The number of carbonyl (C=O) groups is 1. The van der Waals surface area contributed by atoms with Gasteiger partial charge in [-0.15, -0.1) is 11.8 Å². The van der Waals surface area contributed by atoms with E-state index in [1.54, 1.807) is 30.0 Å². The monoisotopic (exact) mass is 267 g/mol. The van der Waals surface area contributed by atoms with Crippen LogP contribution in [-0.4, -0.2) is 42.4 Å². The number of aromatic nitrogens is 1. The molecule has 1 aromatic heterocycles. The van der Waals surface area contributed by atoms with Gasteiger partial charge in [-0.3, -0.25) is 5.32 Å². The second kappa shape index (κ2) is 5.95. The van der Waals surface area contributed by atoms with E-state index in [0.29, 0.717) is 11.6 Å². The zero-order valence-electron chi connectivity index (χ0n) is 10.6. The molecule has 18 heavy (non-hydrogen) atoms. The van der Waals surface area contributed by atoms with Gasteiger partial charge in [-0.1, -0.05) is 0 Å². The number of methoxy groups -OCH3 is 1. The Balaban J connectivity index is 2.10. The highest BCUT2D eigenvalue weighted by Crippen LogP contribution is 2.27. The van der Waals surface area contributed by atoms with E-state index in [4.69, 9.17) is 4.74 Å². The van der Waals surface area contributed by atoms with Crippen molar-refractivity contribution in [3.63, 3.8) is 0 Å². The van der Waals surface area contributed by atoms with Gasteiger partial charge < -0.3 is 9.64 Å². The molecule has 1 N–H and O–H groups in total. The minimum atomic E-state index is -0.102. The number of ether oxygens (including phenoxy) is 1. The lowest BCUT2D eigenvalue weighted by Gasteiger charge is -2.17. The molecule has 1 saturated heterocycles. The van der Waals surface area contributed by atoms with Crippen LogP contribution < -0.4 is 10.1 Å². The zero-order chi connectivity index (χ0) is 13.0. The molecule has 2 heterocycles. The van der Waals surface area contributed by atoms with Gasteiger partial charge in [0.25, 0.3) is 0 Å². The van der Waals surface area contributed by atoms with Crippen LogP contribution >= 0.6 is 11.8 Å². The van der Waals surface area contributed by atoms with Crippen LogP contribution in [0.4, 0.5) is 10.6 Å². The number of urea groups is 1. The molecule has 2 amide bonds. The molecule has 1 fully saturated rings. The summed E-state index contributed by atoms with van der Waals surface area (Å²) in [5.74, 6) is 1.07. The SMILES string of the molecule is COc1cc(SC)cnc1NC(=O)N1CCCC1. The summed E-state index contributed by atoms with van der Waals surface area (Å²) < 4.78 is 5.24. The van der Waals surface area contributed by atoms with Gasteiger partial charge in [0.15, 0.2) is 11.6 Å². The topological polar surface area (TPSA) is 54.5 Å². The van der Waals surface area contributed by atoms with E-state index in [9.17, 15) is 4.79 Å². The molecule has 1 aliphatic rings. The first-order valence-corrected chi connectivity index (χ1v) is 7.11. The van der Waals surface area contributed by atoms with E-state index in [2.05, 4.69) is 10.3 Å². The number of anilines is 1. The van der Waals surface area contributed by atoms with Crippen molar-refractivity contribution in [1.29, 1.82) is 0 Å². The summed E-state index contributed by atoms with van der Waals surface area (Å²) in [6.07, 6.45) is 5.85. The normalized spacial score (nSPS) is 14.7. The van der Waals surface area contributed by atoms with Crippen molar-refractivity contribution in [1.82, 2.24) is 9.88 Å². The lowest BCUT2D eigenvalue weighted by molar-refractivity contribution is 0.222.